The first-order valence-corrected chi connectivity index (χ1v) is 6.91. The topological polar surface area (TPSA) is 39.1 Å². The smallest absolute Gasteiger partial charge is 0.0857 e. The van der Waals surface area contributed by atoms with E-state index in [1.54, 1.807) is 13.3 Å². The summed E-state index contributed by atoms with van der Waals surface area (Å²) in [7, 11) is 1.74. The summed E-state index contributed by atoms with van der Waals surface area (Å²) >= 11 is 6.30. The molecule has 5 heteroatoms. The van der Waals surface area contributed by atoms with Crippen LogP contribution in [0.25, 0.3) is 0 Å². The Labute approximate surface area is 115 Å². The number of hydrogen-bond acceptors (Lipinski definition) is 3. The number of rotatable bonds is 7. The maximum Gasteiger partial charge on any atom is 0.0857 e. The molecule has 0 aromatic carbocycles. The maximum absolute atomic E-state index is 6.30. The van der Waals surface area contributed by atoms with Crippen LogP contribution in [0.2, 0.25) is 5.02 Å². The van der Waals surface area contributed by atoms with Crippen LogP contribution in [0.1, 0.15) is 45.9 Å². The molecule has 0 spiro atoms. The van der Waals surface area contributed by atoms with Crippen LogP contribution in [0.15, 0.2) is 6.20 Å². The van der Waals surface area contributed by atoms with Crippen LogP contribution in [-0.4, -0.2) is 29.0 Å². The second kappa shape index (κ2) is 6.55. The lowest BCUT2D eigenvalue weighted by atomic mass is 9.90. The van der Waals surface area contributed by atoms with Crippen LogP contribution in [0.5, 0.6) is 0 Å². The molecule has 0 aliphatic heterocycles. The summed E-state index contributed by atoms with van der Waals surface area (Å²) in [6.45, 7) is 10.0. The molecule has 0 fully saturated rings. The van der Waals surface area contributed by atoms with E-state index in [1.165, 1.54) is 0 Å². The van der Waals surface area contributed by atoms with Crippen LogP contribution in [0.3, 0.4) is 0 Å². The third-order valence-corrected chi connectivity index (χ3v) is 3.88. The minimum atomic E-state index is -0.299. The lowest BCUT2D eigenvalue weighted by Gasteiger charge is -2.36. The molecule has 1 N–H and O–H groups in total. The highest BCUT2D eigenvalue weighted by Gasteiger charge is 2.36. The molecule has 0 bridgehead atoms. The Bertz CT molecular complexity index is 374. The Balaban J connectivity index is 3.22. The molecule has 0 saturated heterocycles. The molecule has 0 aliphatic rings. The van der Waals surface area contributed by atoms with Gasteiger partial charge in [0.05, 0.1) is 28.6 Å². The first-order valence-electron chi connectivity index (χ1n) is 6.53. The van der Waals surface area contributed by atoms with Crippen molar-refractivity contribution in [3.05, 3.63) is 16.9 Å². The predicted molar refractivity (Wildman–Crippen MR) is 75.0 cm³/mol. The second-order valence-electron chi connectivity index (χ2n) is 4.55. The van der Waals surface area contributed by atoms with Crippen molar-refractivity contribution in [2.24, 2.45) is 0 Å². The minimum absolute atomic E-state index is 0.0347. The summed E-state index contributed by atoms with van der Waals surface area (Å²) in [4.78, 5) is 0. The fraction of sp³-hybridized carbons (Fsp3) is 0.769. The van der Waals surface area contributed by atoms with E-state index in [1.807, 2.05) is 4.68 Å². The van der Waals surface area contributed by atoms with Crippen LogP contribution < -0.4 is 5.32 Å². The van der Waals surface area contributed by atoms with Crippen LogP contribution in [-0.2, 0) is 11.3 Å². The van der Waals surface area contributed by atoms with Gasteiger partial charge in [0.25, 0.3) is 0 Å². The van der Waals surface area contributed by atoms with Crippen LogP contribution in [0.4, 0.5) is 0 Å². The molecule has 0 saturated carbocycles. The maximum atomic E-state index is 6.30. The van der Waals surface area contributed by atoms with E-state index < -0.39 is 0 Å². The predicted octanol–water partition coefficient (Wildman–Crippen LogP) is 3.02. The van der Waals surface area contributed by atoms with Crippen molar-refractivity contribution in [1.82, 2.24) is 15.1 Å². The molecule has 1 rings (SSSR count). The van der Waals surface area contributed by atoms with E-state index in [2.05, 4.69) is 38.1 Å². The summed E-state index contributed by atoms with van der Waals surface area (Å²) in [5, 5.41) is 8.48. The van der Waals surface area contributed by atoms with Crippen molar-refractivity contribution in [1.29, 1.82) is 0 Å². The van der Waals surface area contributed by atoms with Crippen molar-refractivity contribution in [2.45, 2.75) is 52.3 Å². The number of nitrogens with zero attached hydrogens (tertiary/aromatic N) is 2. The van der Waals surface area contributed by atoms with Gasteiger partial charge >= 0.3 is 0 Å². The highest BCUT2D eigenvalue weighted by Crippen LogP contribution is 2.35. The Morgan fingerprint density at radius 2 is 2.17 bits per heavy atom. The number of aryl methyl sites for hydroxylation is 1. The first-order chi connectivity index (χ1) is 8.53. The fourth-order valence-electron chi connectivity index (χ4n) is 2.18. The Hall–Kier alpha value is -0.580. The van der Waals surface area contributed by atoms with E-state index in [-0.39, 0.29) is 11.6 Å². The molecule has 104 valence electrons. The van der Waals surface area contributed by atoms with Crippen molar-refractivity contribution < 1.29 is 4.74 Å². The lowest BCUT2D eigenvalue weighted by Crippen LogP contribution is -2.44. The van der Waals surface area contributed by atoms with Gasteiger partial charge in [-0.25, -0.2) is 0 Å². The molecule has 2 unspecified atom stereocenters. The third kappa shape index (κ3) is 2.87. The van der Waals surface area contributed by atoms with Gasteiger partial charge in [-0.1, -0.05) is 25.4 Å². The summed E-state index contributed by atoms with van der Waals surface area (Å²) in [5.41, 5.74) is 0.708. The van der Waals surface area contributed by atoms with Crippen LogP contribution >= 0.6 is 11.6 Å². The number of halogens is 1. The Morgan fingerprint density at radius 3 is 2.61 bits per heavy atom. The van der Waals surface area contributed by atoms with Gasteiger partial charge in [0.1, 0.15) is 0 Å². The number of aromatic nitrogens is 2. The molecule has 0 aliphatic carbocycles. The summed E-state index contributed by atoms with van der Waals surface area (Å²) in [6, 6.07) is 0.0347. The largest absolute Gasteiger partial charge is 0.376 e. The monoisotopic (exact) mass is 273 g/mol. The number of ether oxygens (including phenoxy) is 1. The molecule has 2 atom stereocenters. The van der Waals surface area contributed by atoms with Gasteiger partial charge < -0.3 is 10.1 Å². The zero-order chi connectivity index (χ0) is 13.8. The zero-order valence-corrected chi connectivity index (χ0v) is 12.7. The van der Waals surface area contributed by atoms with E-state index >= 15 is 0 Å². The van der Waals surface area contributed by atoms with E-state index in [9.17, 15) is 0 Å². The molecule has 0 amide bonds. The van der Waals surface area contributed by atoms with Gasteiger partial charge in [-0.3, -0.25) is 4.68 Å². The van der Waals surface area contributed by atoms with Gasteiger partial charge in [0, 0.05) is 13.7 Å². The van der Waals surface area contributed by atoms with Crippen molar-refractivity contribution in [3.8, 4) is 0 Å². The molecule has 18 heavy (non-hydrogen) atoms. The zero-order valence-electron chi connectivity index (χ0n) is 12.0. The molecular formula is C13H24ClN3O. The molecule has 1 heterocycles. The van der Waals surface area contributed by atoms with E-state index in [0.29, 0.717) is 5.02 Å². The third-order valence-electron chi connectivity index (χ3n) is 3.59. The highest BCUT2D eigenvalue weighted by atomic mass is 35.5. The van der Waals surface area contributed by atoms with Crippen molar-refractivity contribution in [3.63, 3.8) is 0 Å². The lowest BCUT2D eigenvalue weighted by molar-refractivity contribution is -0.0317. The summed E-state index contributed by atoms with van der Waals surface area (Å²) < 4.78 is 7.65. The number of likely N-dealkylation sites (N-methyl/N-ethyl adjacent to an activating group) is 1. The number of hydrogen-bond donors (Lipinski definition) is 1. The molecule has 4 nitrogen and oxygen atoms in total. The first kappa shape index (κ1) is 15.5. The fourth-order valence-corrected chi connectivity index (χ4v) is 2.43. The normalized spacial score (nSPS) is 16.6. The quantitative estimate of drug-likeness (QED) is 0.830. The number of nitrogens with one attached hydrogen (secondary N) is 1. The van der Waals surface area contributed by atoms with Gasteiger partial charge in [-0.2, -0.15) is 5.10 Å². The second-order valence-corrected chi connectivity index (χ2v) is 4.96. The SMILES string of the molecule is CCNC(c1c(Cl)cnn1CC)C(C)(CC)OC. The molecule has 0 radical (unpaired) electrons. The van der Waals surface area contributed by atoms with Crippen LogP contribution in [0, 0.1) is 0 Å². The van der Waals surface area contributed by atoms with Crippen molar-refractivity contribution >= 4 is 11.6 Å². The van der Waals surface area contributed by atoms with Gasteiger partial charge in [-0.05, 0) is 26.8 Å². The Morgan fingerprint density at radius 1 is 1.50 bits per heavy atom. The highest BCUT2D eigenvalue weighted by molar-refractivity contribution is 6.31. The minimum Gasteiger partial charge on any atom is -0.376 e. The van der Waals surface area contributed by atoms with Gasteiger partial charge in [-0.15, -0.1) is 0 Å². The summed E-state index contributed by atoms with van der Waals surface area (Å²) in [5.74, 6) is 0. The number of methoxy groups -OCH3 is 1. The van der Waals surface area contributed by atoms with E-state index in [0.717, 1.165) is 25.2 Å². The average Bonchev–Trinajstić information content (AvgIpc) is 2.76. The van der Waals surface area contributed by atoms with Crippen molar-refractivity contribution in [2.75, 3.05) is 13.7 Å². The van der Waals surface area contributed by atoms with Gasteiger partial charge in [0.2, 0.25) is 0 Å². The van der Waals surface area contributed by atoms with E-state index in [4.69, 9.17) is 16.3 Å². The molecular weight excluding hydrogens is 250 g/mol. The molecule has 1 aromatic heterocycles. The summed E-state index contributed by atoms with van der Waals surface area (Å²) in [6.07, 6.45) is 2.60. The average molecular weight is 274 g/mol. The molecule has 1 aromatic rings. The Kier molecular flexibility index (Phi) is 5.63. The standard InChI is InChI=1S/C13H24ClN3O/c1-6-13(4,18-5)12(15-7-2)11-10(14)9-16-17(11)8-3/h9,12,15H,6-8H2,1-5H3. The van der Waals surface area contributed by atoms with Gasteiger partial charge in [0.15, 0.2) is 0 Å².